The van der Waals surface area contributed by atoms with Gasteiger partial charge in [-0.1, -0.05) is 23.7 Å². The summed E-state index contributed by atoms with van der Waals surface area (Å²) in [7, 11) is 3.88. The van der Waals surface area contributed by atoms with Crippen LogP contribution in [0.25, 0.3) is 22.3 Å². The molecule has 0 saturated carbocycles. The maximum atomic E-state index is 12.4. The highest BCUT2D eigenvalue weighted by Gasteiger charge is 2.16. The average molecular weight is 533 g/mol. The highest BCUT2D eigenvalue weighted by atomic mass is 35.5. The molecule has 0 unspecified atom stereocenters. The Bertz CT molecular complexity index is 1460. The number of benzene rings is 2. The van der Waals surface area contributed by atoms with Crippen molar-refractivity contribution in [1.29, 1.82) is 0 Å². The van der Waals surface area contributed by atoms with E-state index in [9.17, 15) is 4.79 Å². The maximum absolute atomic E-state index is 12.4. The molecule has 1 aliphatic heterocycles. The number of nitrogens with one attached hydrogen (secondary N) is 3. The number of carbonyl (C=O) groups excluding carboxylic acids is 1. The van der Waals surface area contributed by atoms with Gasteiger partial charge < -0.3 is 25.2 Å². The van der Waals surface area contributed by atoms with Crippen LogP contribution in [0.5, 0.6) is 0 Å². The first-order valence-electron chi connectivity index (χ1n) is 12.3. The fourth-order valence-electron chi connectivity index (χ4n) is 4.17. The van der Waals surface area contributed by atoms with E-state index in [1.165, 1.54) is 6.08 Å². The summed E-state index contributed by atoms with van der Waals surface area (Å²) < 4.78 is 5.47. The Kier molecular flexibility index (Phi) is 7.83. The zero-order chi connectivity index (χ0) is 26.5. The molecule has 5 rings (SSSR count). The molecular weight excluding hydrogens is 504 g/mol. The van der Waals surface area contributed by atoms with Gasteiger partial charge in [-0.3, -0.25) is 9.89 Å². The lowest BCUT2D eigenvalue weighted by atomic mass is 10.1. The molecule has 38 heavy (non-hydrogen) atoms. The van der Waals surface area contributed by atoms with Gasteiger partial charge in [0.1, 0.15) is 0 Å². The van der Waals surface area contributed by atoms with E-state index in [0.29, 0.717) is 58.7 Å². The highest BCUT2D eigenvalue weighted by Crippen LogP contribution is 2.34. The largest absolute Gasteiger partial charge is 0.378 e. The number of hydrogen-bond acceptors (Lipinski definition) is 8. The van der Waals surface area contributed by atoms with Crippen molar-refractivity contribution in [2.45, 2.75) is 0 Å². The minimum Gasteiger partial charge on any atom is -0.378 e. The summed E-state index contributed by atoms with van der Waals surface area (Å²) in [4.78, 5) is 26.1. The molecule has 196 valence electrons. The molecule has 2 aromatic carbocycles. The van der Waals surface area contributed by atoms with E-state index in [1.807, 2.05) is 31.1 Å². The lowest BCUT2D eigenvalue weighted by Gasteiger charge is -2.29. The number of aromatic nitrogens is 4. The van der Waals surface area contributed by atoms with E-state index in [-0.39, 0.29) is 5.91 Å². The summed E-state index contributed by atoms with van der Waals surface area (Å²) in [6.07, 6.45) is 4.98. The van der Waals surface area contributed by atoms with Crippen LogP contribution in [-0.2, 0) is 9.53 Å². The van der Waals surface area contributed by atoms with Crippen molar-refractivity contribution in [2.75, 3.05) is 62.5 Å². The average Bonchev–Trinajstić information content (AvgIpc) is 3.39. The number of ether oxygens (including phenoxy) is 1. The molecule has 1 aliphatic rings. The number of rotatable bonds is 8. The molecule has 0 spiro atoms. The van der Waals surface area contributed by atoms with Crippen LogP contribution in [0.1, 0.15) is 0 Å². The van der Waals surface area contributed by atoms with Crippen LogP contribution < -0.4 is 15.5 Å². The maximum Gasteiger partial charge on any atom is 0.248 e. The van der Waals surface area contributed by atoms with Crippen molar-refractivity contribution in [3.05, 3.63) is 65.8 Å². The molecule has 0 radical (unpaired) electrons. The molecular formula is C27H29ClN8O2. The first-order chi connectivity index (χ1) is 18.5. The van der Waals surface area contributed by atoms with Crippen LogP contribution >= 0.6 is 11.6 Å². The third kappa shape index (κ3) is 6.10. The molecule has 0 aliphatic carbocycles. The second-order valence-corrected chi connectivity index (χ2v) is 9.56. The highest BCUT2D eigenvalue weighted by molar-refractivity contribution is 6.33. The van der Waals surface area contributed by atoms with E-state index >= 15 is 0 Å². The standard InChI is InChI=1S/C27H29ClN8O2/c1-35(2)10-4-7-24(37)30-19-8-9-23(28)21(16-19)25-22-17-29-34-26(22)33-27(32-25)31-18-5-3-6-20(15-18)36-11-13-38-14-12-36/h3-9,15-17H,10-14H2,1-2H3,(H,30,37)(H2,29,31,32,33,34)/b7-4+. The van der Waals surface area contributed by atoms with Gasteiger partial charge >= 0.3 is 0 Å². The number of carbonyl (C=O) groups is 1. The van der Waals surface area contributed by atoms with Gasteiger partial charge in [-0.25, -0.2) is 4.98 Å². The van der Waals surface area contributed by atoms with Gasteiger partial charge in [-0.15, -0.1) is 0 Å². The molecule has 4 aromatic rings. The molecule has 10 nitrogen and oxygen atoms in total. The number of amides is 1. The topological polar surface area (TPSA) is 111 Å². The molecule has 0 atom stereocenters. The van der Waals surface area contributed by atoms with Crippen LogP contribution in [-0.4, -0.2) is 77.9 Å². The fraction of sp³-hybridized carbons (Fsp3) is 0.259. The summed E-state index contributed by atoms with van der Waals surface area (Å²) in [5, 5.41) is 14.5. The van der Waals surface area contributed by atoms with Crippen molar-refractivity contribution in [1.82, 2.24) is 25.1 Å². The molecule has 3 N–H and O–H groups in total. The van der Waals surface area contributed by atoms with Crippen molar-refractivity contribution in [3.63, 3.8) is 0 Å². The number of nitrogens with zero attached hydrogens (tertiary/aromatic N) is 5. The van der Waals surface area contributed by atoms with Gasteiger partial charge in [0.2, 0.25) is 11.9 Å². The van der Waals surface area contributed by atoms with E-state index < -0.39 is 0 Å². The Labute approximate surface area is 225 Å². The predicted octanol–water partition coefficient (Wildman–Crippen LogP) is 4.31. The number of fused-ring (bicyclic) bond motifs is 1. The number of H-pyrrole nitrogens is 1. The van der Waals surface area contributed by atoms with Gasteiger partial charge in [0.15, 0.2) is 5.65 Å². The van der Waals surface area contributed by atoms with Crippen LogP contribution in [0.15, 0.2) is 60.8 Å². The number of halogens is 1. The van der Waals surface area contributed by atoms with Crippen molar-refractivity contribution < 1.29 is 9.53 Å². The van der Waals surface area contributed by atoms with Crippen LogP contribution in [0.2, 0.25) is 5.02 Å². The molecule has 1 amide bonds. The second kappa shape index (κ2) is 11.6. The fourth-order valence-corrected chi connectivity index (χ4v) is 4.37. The Hall–Kier alpha value is -3.99. The van der Waals surface area contributed by atoms with E-state index in [2.05, 4.69) is 42.8 Å². The SMILES string of the molecule is CN(C)C/C=C/C(=O)Nc1ccc(Cl)c(-c2nc(Nc3cccc(N4CCOCC4)c3)nc3[nH]ncc23)c1. The summed E-state index contributed by atoms with van der Waals surface area (Å²) >= 11 is 6.61. The molecule has 1 fully saturated rings. The lowest BCUT2D eigenvalue weighted by Crippen LogP contribution is -2.36. The Balaban J connectivity index is 1.43. The van der Waals surface area contributed by atoms with Gasteiger partial charge in [0.05, 0.1) is 35.5 Å². The lowest BCUT2D eigenvalue weighted by molar-refractivity contribution is -0.111. The summed E-state index contributed by atoms with van der Waals surface area (Å²) in [6, 6.07) is 13.4. The molecule has 3 heterocycles. The van der Waals surface area contributed by atoms with Crippen LogP contribution in [0.3, 0.4) is 0 Å². The van der Waals surface area contributed by atoms with E-state index in [1.54, 1.807) is 30.5 Å². The monoisotopic (exact) mass is 532 g/mol. The number of anilines is 4. The van der Waals surface area contributed by atoms with Crippen molar-refractivity contribution in [3.8, 4) is 11.3 Å². The number of morpholine rings is 1. The Morgan fingerprint density at radius 3 is 2.82 bits per heavy atom. The zero-order valence-electron chi connectivity index (χ0n) is 21.2. The van der Waals surface area contributed by atoms with E-state index in [4.69, 9.17) is 21.3 Å². The number of hydrogen-bond donors (Lipinski definition) is 3. The molecule has 11 heteroatoms. The van der Waals surface area contributed by atoms with Gasteiger partial charge in [0.25, 0.3) is 0 Å². The van der Waals surface area contributed by atoms with Crippen LogP contribution in [0, 0.1) is 0 Å². The predicted molar refractivity (Wildman–Crippen MR) is 151 cm³/mol. The second-order valence-electron chi connectivity index (χ2n) is 9.15. The van der Waals surface area contributed by atoms with Crippen molar-refractivity contribution >= 4 is 51.6 Å². The third-order valence-electron chi connectivity index (χ3n) is 6.02. The van der Waals surface area contributed by atoms with Gasteiger partial charge in [0, 0.05) is 48.3 Å². The summed E-state index contributed by atoms with van der Waals surface area (Å²) in [5.41, 5.74) is 4.38. The minimum atomic E-state index is -0.223. The first-order valence-corrected chi connectivity index (χ1v) is 12.7. The van der Waals surface area contributed by atoms with Crippen LogP contribution in [0.4, 0.5) is 23.0 Å². The number of aromatic amines is 1. The zero-order valence-corrected chi connectivity index (χ0v) is 22.0. The molecule has 2 aromatic heterocycles. The third-order valence-corrected chi connectivity index (χ3v) is 6.35. The number of likely N-dealkylation sites (N-methyl/N-ethyl adjacent to an activating group) is 1. The van der Waals surface area contributed by atoms with E-state index in [0.717, 1.165) is 24.5 Å². The molecule has 1 saturated heterocycles. The van der Waals surface area contributed by atoms with Gasteiger partial charge in [-0.05, 0) is 50.5 Å². The first kappa shape index (κ1) is 25.7. The Morgan fingerprint density at radius 2 is 2.00 bits per heavy atom. The Morgan fingerprint density at radius 1 is 1.16 bits per heavy atom. The summed E-state index contributed by atoms with van der Waals surface area (Å²) in [6.45, 7) is 3.80. The smallest absolute Gasteiger partial charge is 0.248 e. The van der Waals surface area contributed by atoms with Crippen molar-refractivity contribution in [2.24, 2.45) is 0 Å². The quantitative estimate of drug-likeness (QED) is 0.288. The molecule has 0 bridgehead atoms. The minimum absolute atomic E-state index is 0.223. The normalized spacial score (nSPS) is 13.9. The van der Waals surface area contributed by atoms with Gasteiger partial charge in [-0.2, -0.15) is 10.1 Å². The summed E-state index contributed by atoms with van der Waals surface area (Å²) in [5.74, 6) is 0.173.